The first kappa shape index (κ1) is 46.8. The lowest BCUT2D eigenvalue weighted by atomic mass is 9.77. The zero-order chi connectivity index (χ0) is 44.1. The Morgan fingerprint density at radius 3 is 1.23 bits per heavy atom. The molecule has 350 valence electrons. The molecule has 10 heteroatoms. The Morgan fingerprint density at radius 2 is 0.844 bits per heavy atom. The number of amides is 2. The maximum absolute atomic E-state index is 14.4. The van der Waals surface area contributed by atoms with Crippen molar-refractivity contribution in [3.63, 3.8) is 0 Å². The number of carbonyl (C=O) groups excluding carboxylic acids is 4. The highest BCUT2D eigenvalue weighted by atomic mass is 16.6. The Balaban J connectivity index is 0.856. The summed E-state index contributed by atoms with van der Waals surface area (Å²) in [6.45, 7) is 4.42. The second kappa shape index (κ2) is 23.6. The van der Waals surface area contributed by atoms with E-state index in [0.29, 0.717) is 36.8 Å². The Bertz CT molecular complexity index is 1700. The number of rotatable bonds is 16. The van der Waals surface area contributed by atoms with E-state index in [0.717, 1.165) is 90.4 Å². The van der Waals surface area contributed by atoms with Crippen LogP contribution in [0.1, 0.15) is 163 Å². The minimum Gasteiger partial charge on any atom is -0.456 e. The van der Waals surface area contributed by atoms with Crippen LogP contribution in [0.2, 0.25) is 0 Å². The Morgan fingerprint density at radius 1 is 0.484 bits per heavy atom. The molecule has 2 amide bonds. The van der Waals surface area contributed by atoms with Crippen molar-refractivity contribution in [3.8, 4) is 0 Å². The molecule has 0 saturated heterocycles. The van der Waals surface area contributed by atoms with Gasteiger partial charge < -0.3 is 19.3 Å². The summed E-state index contributed by atoms with van der Waals surface area (Å²) in [6, 6.07) is 17.6. The van der Waals surface area contributed by atoms with Crippen LogP contribution in [0.3, 0.4) is 0 Å². The van der Waals surface area contributed by atoms with E-state index in [1.165, 1.54) is 99.3 Å². The molecule has 10 nitrogen and oxygen atoms in total. The topological polar surface area (TPSA) is 99.7 Å². The minimum atomic E-state index is -0.994. The van der Waals surface area contributed by atoms with E-state index in [4.69, 9.17) is 9.47 Å². The van der Waals surface area contributed by atoms with E-state index in [1.807, 2.05) is 0 Å². The highest BCUT2D eigenvalue weighted by molar-refractivity contribution is 6.29. The molecule has 64 heavy (non-hydrogen) atoms. The number of hydrogen-bond donors (Lipinski definition) is 0. The molecule has 6 aliphatic rings. The Labute approximate surface area is 384 Å². The summed E-state index contributed by atoms with van der Waals surface area (Å²) in [4.78, 5) is 63.7. The molecule has 2 aliphatic heterocycles. The van der Waals surface area contributed by atoms with Crippen LogP contribution in [0.15, 0.2) is 48.5 Å². The molecule has 2 aromatic rings. The Hall–Kier alpha value is -3.76. The van der Waals surface area contributed by atoms with Crippen LogP contribution in [0.5, 0.6) is 0 Å². The number of hydrogen-bond acceptors (Lipinski definition) is 8. The average molecular weight is 879 g/mol. The largest absolute Gasteiger partial charge is 0.456 e. The van der Waals surface area contributed by atoms with Crippen LogP contribution in [0, 0.1) is 23.7 Å². The van der Waals surface area contributed by atoms with E-state index >= 15 is 0 Å². The summed E-state index contributed by atoms with van der Waals surface area (Å²) in [5, 5.41) is 0. The van der Waals surface area contributed by atoms with E-state index < -0.39 is 11.9 Å². The van der Waals surface area contributed by atoms with Gasteiger partial charge in [0.2, 0.25) is 11.8 Å². The second-order valence-corrected chi connectivity index (χ2v) is 20.5. The van der Waals surface area contributed by atoms with E-state index in [2.05, 4.69) is 68.1 Å². The number of benzene rings is 2. The zero-order valence-electron chi connectivity index (χ0n) is 38.9. The van der Waals surface area contributed by atoms with Crippen molar-refractivity contribution in [3.05, 3.63) is 70.8 Å². The van der Waals surface area contributed by atoms with Crippen LogP contribution < -0.4 is 0 Å². The van der Waals surface area contributed by atoms with Gasteiger partial charge >= 0.3 is 11.9 Å². The minimum absolute atomic E-state index is 0.0201. The van der Waals surface area contributed by atoms with Gasteiger partial charge in [-0.05, 0) is 110 Å². The smallest absolute Gasteiger partial charge is 0.417 e. The fourth-order valence-electron chi connectivity index (χ4n) is 12.8. The van der Waals surface area contributed by atoms with Gasteiger partial charge in [-0.1, -0.05) is 126 Å². The van der Waals surface area contributed by atoms with Gasteiger partial charge in [-0.2, -0.15) is 0 Å². The van der Waals surface area contributed by atoms with Crippen molar-refractivity contribution in [2.45, 2.75) is 153 Å². The van der Waals surface area contributed by atoms with Crippen molar-refractivity contribution in [1.82, 2.24) is 19.6 Å². The molecule has 0 spiro atoms. The molecular formula is C54H78N4O6. The average Bonchev–Trinajstić information content (AvgIpc) is 3.34. The highest BCUT2D eigenvalue weighted by Crippen LogP contribution is 2.44. The third-order valence-electron chi connectivity index (χ3n) is 16.1. The van der Waals surface area contributed by atoms with Crippen LogP contribution in [-0.2, 0) is 41.5 Å². The molecule has 2 heterocycles. The number of ether oxygens (including phenoxy) is 2. The summed E-state index contributed by atoms with van der Waals surface area (Å²) in [7, 11) is 0. The zero-order valence-corrected chi connectivity index (χ0v) is 38.9. The maximum atomic E-state index is 14.4. The van der Waals surface area contributed by atoms with E-state index in [9.17, 15) is 19.2 Å². The SMILES string of the molecule is O=C(OCCN(CC(=O)N1CCc2ccccc2C1C1CCCCC1)CC1CCCCC1)C(=O)OCCN(CC(=O)N1CCc2ccccc2C1C1CCCCC1)CC1CCCCC1. The lowest BCUT2D eigenvalue weighted by molar-refractivity contribution is -0.168. The number of fused-ring (bicyclic) bond motifs is 2. The summed E-state index contributed by atoms with van der Waals surface area (Å²) >= 11 is 0. The molecule has 0 N–H and O–H groups in total. The van der Waals surface area contributed by atoms with E-state index in [1.54, 1.807) is 0 Å². The quantitative estimate of drug-likeness (QED) is 0.122. The van der Waals surface area contributed by atoms with Crippen LogP contribution >= 0.6 is 0 Å². The lowest BCUT2D eigenvalue weighted by Gasteiger charge is -2.44. The van der Waals surface area contributed by atoms with Crippen LogP contribution in [0.4, 0.5) is 0 Å². The summed E-state index contributed by atoms with van der Waals surface area (Å²) in [5.41, 5.74) is 5.38. The standard InChI is InChI=1S/C54H78N4O6/c59-49(57-31-29-43-21-13-15-27-47(43)51(57)45-23-9-3-10-24-45)39-55(37-41-17-5-1-6-18-41)33-35-63-53(61)54(62)64-36-34-56(38-42-19-7-2-8-20-42)40-50(60)58-32-30-44-22-14-16-28-48(44)52(58)46-25-11-4-12-26-46/h13-16,21-22,27-28,41-42,45-46,51-52H,1-12,17-20,23-26,29-40H2. The molecule has 0 radical (unpaired) electrons. The molecule has 0 bridgehead atoms. The van der Waals surface area contributed by atoms with Gasteiger partial charge in [0.05, 0.1) is 25.2 Å². The molecule has 4 aliphatic carbocycles. The van der Waals surface area contributed by atoms with Gasteiger partial charge in [-0.3, -0.25) is 19.4 Å². The summed E-state index contributed by atoms with van der Waals surface area (Å²) < 4.78 is 11.2. The predicted molar refractivity (Wildman–Crippen MR) is 250 cm³/mol. The van der Waals surface area contributed by atoms with Gasteiger partial charge in [0.1, 0.15) is 13.2 Å². The number of nitrogens with zero attached hydrogens (tertiary/aromatic N) is 4. The number of carbonyl (C=O) groups is 4. The number of esters is 2. The molecule has 0 aromatic heterocycles. The van der Waals surface area contributed by atoms with Crippen LogP contribution in [0.25, 0.3) is 0 Å². The normalized spacial score (nSPS) is 22.8. The van der Waals surface area contributed by atoms with E-state index in [-0.39, 0.29) is 50.2 Å². The monoisotopic (exact) mass is 879 g/mol. The lowest BCUT2D eigenvalue weighted by Crippen LogP contribution is -2.49. The van der Waals surface area contributed by atoms with Crippen molar-refractivity contribution < 1.29 is 28.7 Å². The van der Waals surface area contributed by atoms with Crippen LogP contribution in [-0.4, -0.2) is 109 Å². The van der Waals surface area contributed by atoms with Gasteiger partial charge in [0, 0.05) is 39.3 Å². The van der Waals surface area contributed by atoms with Crippen molar-refractivity contribution in [1.29, 1.82) is 0 Å². The van der Waals surface area contributed by atoms with Crippen molar-refractivity contribution in [2.24, 2.45) is 23.7 Å². The van der Waals surface area contributed by atoms with Crippen molar-refractivity contribution >= 4 is 23.8 Å². The molecule has 2 atom stereocenters. The van der Waals surface area contributed by atoms with Gasteiger partial charge in [-0.25, -0.2) is 9.59 Å². The Kier molecular flexibility index (Phi) is 17.3. The molecule has 8 rings (SSSR count). The molecule has 2 aromatic carbocycles. The first-order valence-corrected chi connectivity index (χ1v) is 25.9. The fraction of sp³-hybridized carbons (Fsp3) is 0.704. The molecule has 4 fully saturated rings. The molecule has 4 saturated carbocycles. The highest BCUT2D eigenvalue weighted by Gasteiger charge is 2.39. The summed E-state index contributed by atoms with van der Waals surface area (Å²) in [5.74, 6) is 0.275. The van der Waals surface area contributed by atoms with Crippen molar-refractivity contribution in [2.75, 3.05) is 65.6 Å². The molecule has 2 unspecified atom stereocenters. The van der Waals surface area contributed by atoms with Gasteiger partial charge in [-0.15, -0.1) is 0 Å². The first-order chi connectivity index (χ1) is 31.4. The van der Waals surface area contributed by atoms with Gasteiger partial charge in [0.15, 0.2) is 0 Å². The predicted octanol–water partition coefficient (Wildman–Crippen LogP) is 9.25. The molecular weight excluding hydrogens is 801 g/mol. The van der Waals surface area contributed by atoms with Gasteiger partial charge in [0.25, 0.3) is 0 Å². The third-order valence-corrected chi connectivity index (χ3v) is 16.1. The summed E-state index contributed by atoms with van der Waals surface area (Å²) in [6.07, 6.45) is 25.8. The third kappa shape index (κ3) is 12.4. The maximum Gasteiger partial charge on any atom is 0.417 e. The fourth-order valence-corrected chi connectivity index (χ4v) is 12.8. The first-order valence-electron chi connectivity index (χ1n) is 25.9. The second-order valence-electron chi connectivity index (χ2n) is 20.5.